The normalized spacial score (nSPS) is 10.7. The number of quaternary nitrogens is 1. The highest BCUT2D eigenvalue weighted by Crippen LogP contribution is 2.18. The number of rotatable bonds is 7. The standard InChI is InChI=1S/C9H21N.H3O4P/c1-2-3-4-5-6-7-8-9-10;1-5(2,3)4/h2-10H2,1H3;(H3,1,2,3,4). The average Bonchev–Trinajstić information content (AvgIpc) is 2.08. The van der Waals surface area contributed by atoms with Crippen molar-refractivity contribution in [2.24, 2.45) is 0 Å². The summed E-state index contributed by atoms with van der Waals surface area (Å²) < 4.78 is 8.77. The van der Waals surface area contributed by atoms with E-state index in [1.54, 1.807) is 0 Å². The zero-order valence-electron chi connectivity index (χ0n) is 9.52. The van der Waals surface area contributed by atoms with Crippen molar-refractivity contribution in [1.82, 2.24) is 0 Å². The molecule has 0 atom stereocenters. The van der Waals surface area contributed by atoms with Gasteiger partial charge >= 0.3 is 0 Å². The topological polar surface area (TPSA) is 108 Å². The van der Waals surface area contributed by atoms with Crippen molar-refractivity contribution in [3.8, 4) is 0 Å². The first kappa shape index (κ1) is 17.5. The first-order chi connectivity index (χ1) is 6.91. The summed E-state index contributed by atoms with van der Waals surface area (Å²) in [4.78, 5) is 22.9. The predicted molar refractivity (Wildman–Crippen MR) is 57.8 cm³/mol. The Morgan fingerprint density at radius 1 is 1.07 bits per heavy atom. The molecule has 15 heavy (non-hydrogen) atoms. The second-order valence-corrected chi connectivity index (χ2v) is 4.45. The highest BCUT2D eigenvalue weighted by molar-refractivity contribution is 7.43. The monoisotopic (exact) mass is 241 g/mol. The molecule has 0 aliphatic rings. The van der Waals surface area contributed by atoms with Gasteiger partial charge in [-0.2, -0.15) is 0 Å². The van der Waals surface area contributed by atoms with Gasteiger partial charge in [-0.3, -0.25) is 4.57 Å². The van der Waals surface area contributed by atoms with E-state index in [1.807, 2.05) is 0 Å². The second-order valence-electron chi connectivity index (χ2n) is 3.47. The second kappa shape index (κ2) is 12.1. The number of unbranched alkanes of at least 4 members (excludes halogenated alkanes) is 6. The van der Waals surface area contributed by atoms with E-state index in [-0.39, 0.29) is 0 Å². The van der Waals surface area contributed by atoms with Gasteiger partial charge in [0.1, 0.15) is 0 Å². The number of hydrogen-bond donors (Lipinski definition) is 3. The Bertz CT molecular complexity index is 144. The van der Waals surface area contributed by atoms with E-state index in [0.29, 0.717) is 0 Å². The fourth-order valence-corrected chi connectivity index (χ4v) is 1.13. The number of hydrogen-bond acceptors (Lipinski definition) is 2. The van der Waals surface area contributed by atoms with Crippen LogP contribution in [-0.4, -0.2) is 16.3 Å². The molecule has 0 saturated carbocycles. The van der Waals surface area contributed by atoms with Crippen LogP contribution in [0.15, 0.2) is 0 Å². The van der Waals surface area contributed by atoms with Crippen LogP contribution in [0.3, 0.4) is 0 Å². The maximum Gasteiger partial charge on any atom is 0.262 e. The van der Waals surface area contributed by atoms with E-state index in [4.69, 9.17) is 19.2 Å². The van der Waals surface area contributed by atoms with Gasteiger partial charge in [0.15, 0.2) is 0 Å². The van der Waals surface area contributed by atoms with Crippen molar-refractivity contribution in [2.45, 2.75) is 51.9 Å². The molecular weight excluding hydrogens is 217 g/mol. The first-order valence-corrected chi connectivity index (χ1v) is 7.00. The molecule has 0 amide bonds. The zero-order chi connectivity index (χ0) is 12.2. The molecule has 5 nitrogen and oxygen atoms in total. The largest absolute Gasteiger partial charge is 0.756 e. The van der Waals surface area contributed by atoms with Gasteiger partial charge in [0.2, 0.25) is 0 Å². The lowest BCUT2D eigenvalue weighted by atomic mass is 10.1. The van der Waals surface area contributed by atoms with Crippen LogP contribution in [0.4, 0.5) is 0 Å². The van der Waals surface area contributed by atoms with Crippen LogP contribution < -0.4 is 10.6 Å². The van der Waals surface area contributed by atoms with E-state index in [0.717, 1.165) is 6.54 Å². The molecule has 0 spiro atoms. The summed E-state index contributed by atoms with van der Waals surface area (Å²) in [5.41, 5.74) is 3.82. The quantitative estimate of drug-likeness (QED) is 0.443. The molecule has 94 valence electrons. The molecule has 0 aromatic carbocycles. The minimum Gasteiger partial charge on any atom is -0.756 e. The Kier molecular flexibility index (Phi) is 14.1. The summed E-state index contributed by atoms with van der Waals surface area (Å²) in [7, 11) is -4.89. The van der Waals surface area contributed by atoms with E-state index in [2.05, 4.69) is 12.7 Å². The van der Waals surface area contributed by atoms with Crippen LogP contribution in [-0.2, 0) is 4.57 Å². The summed E-state index contributed by atoms with van der Waals surface area (Å²) in [5, 5.41) is 0. The fourth-order valence-electron chi connectivity index (χ4n) is 1.13. The molecule has 0 fully saturated rings. The molecule has 6 heteroatoms. The molecule has 0 saturated heterocycles. The van der Waals surface area contributed by atoms with E-state index in [1.165, 1.54) is 44.9 Å². The lowest BCUT2D eigenvalue weighted by Gasteiger charge is -2.01. The molecule has 0 rings (SSSR count). The highest BCUT2D eigenvalue weighted by Gasteiger charge is 1.88. The van der Waals surface area contributed by atoms with Crippen LogP contribution >= 0.6 is 7.82 Å². The van der Waals surface area contributed by atoms with Gasteiger partial charge in [0, 0.05) is 0 Å². The van der Waals surface area contributed by atoms with Crippen LogP contribution in [0.25, 0.3) is 0 Å². The molecule has 0 aliphatic heterocycles. The maximum absolute atomic E-state index is 8.77. The smallest absolute Gasteiger partial charge is 0.262 e. The Labute approximate surface area is 91.9 Å². The third-order valence-electron chi connectivity index (χ3n) is 1.85. The third kappa shape index (κ3) is 41.0. The highest BCUT2D eigenvalue weighted by atomic mass is 31.2. The molecule has 0 radical (unpaired) electrons. The summed E-state index contributed by atoms with van der Waals surface area (Å²) in [6, 6.07) is 0. The third-order valence-corrected chi connectivity index (χ3v) is 1.85. The SMILES string of the molecule is CCCCCCCCC[NH3+].O=P([O-])(O)O. The molecule has 0 aliphatic carbocycles. The Hall–Kier alpha value is 0.0700. The summed E-state index contributed by atoms with van der Waals surface area (Å²) in [6.45, 7) is 3.38. The maximum atomic E-state index is 8.77. The lowest BCUT2D eigenvalue weighted by Crippen LogP contribution is -2.50. The average molecular weight is 241 g/mol. The van der Waals surface area contributed by atoms with Crippen LogP contribution in [0.5, 0.6) is 0 Å². The Morgan fingerprint density at radius 3 is 1.73 bits per heavy atom. The molecule has 0 unspecified atom stereocenters. The molecule has 0 heterocycles. The van der Waals surface area contributed by atoms with Gasteiger partial charge in [-0.05, 0) is 12.8 Å². The number of phosphoric acid groups is 1. The Balaban J connectivity index is 0. The van der Waals surface area contributed by atoms with E-state index < -0.39 is 7.82 Å². The molecule has 5 N–H and O–H groups in total. The van der Waals surface area contributed by atoms with Crippen LogP contribution in [0, 0.1) is 0 Å². The minimum atomic E-state index is -4.89. The van der Waals surface area contributed by atoms with Crippen LogP contribution in [0.2, 0.25) is 0 Å². The lowest BCUT2D eigenvalue weighted by molar-refractivity contribution is -0.368. The predicted octanol–water partition coefficient (Wildman–Crippen LogP) is 0.418. The van der Waals surface area contributed by atoms with Gasteiger partial charge in [-0.1, -0.05) is 39.0 Å². The van der Waals surface area contributed by atoms with E-state index in [9.17, 15) is 0 Å². The zero-order valence-corrected chi connectivity index (χ0v) is 10.4. The molecule has 0 aromatic heterocycles. The van der Waals surface area contributed by atoms with Gasteiger partial charge in [-0.15, -0.1) is 0 Å². The van der Waals surface area contributed by atoms with Crippen molar-refractivity contribution in [2.75, 3.05) is 6.54 Å². The first-order valence-electron chi connectivity index (χ1n) is 5.47. The van der Waals surface area contributed by atoms with Crippen molar-refractivity contribution >= 4 is 7.82 Å². The fraction of sp³-hybridized carbons (Fsp3) is 1.00. The van der Waals surface area contributed by atoms with Gasteiger partial charge in [0.25, 0.3) is 7.82 Å². The summed E-state index contributed by atoms with van der Waals surface area (Å²) in [5.74, 6) is 0. The summed E-state index contributed by atoms with van der Waals surface area (Å²) >= 11 is 0. The molecule has 0 aromatic rings. The minimum absolute atomic E-state index is 1.12. The van der Waals surface area contributed by atoms with E-state index >= 15 is 0 Å². The van der Waals surface area contributed by atoms with Gasteiger partial charge in [0.05, 0.1) is 6.54 Å². The van der Waals surface area contributed by atoms with Gasteiger partial charge in [-0.25, -0.2) is 0 Å². The molecule has 0 bridgehead atoms. The van der Waals surface area contributed by atoms with Crippen molar-refractivity contribution in [1.29, 1.82) is 0 Å². The van der Waals surface area contributed by atoms with Gasteiger partial charge < -0.3 is 20.4 Å². The Morgan fingerprint density at radius 2 is 1.40 bits per heavy atom. The summed E-state index contributed by atoms with van der Waals surface area (Å²) in [6.07, 6.45) is 9.80. The van der Waals surface area contributed by atoms with Crippen molar-refractivity contribution < 1.29 is 25.0 Å². The van der Waals surface area contributed by atoms with Crippen molar-refractivity contribution in [3.63, 3.8) is 0 Å². The van der Waals surface area contributed by atoms with Crippen molar-refractivity contribution in [3.05, 3.63) is 0 Å². The van der Waals surface area contributed by atoms with Crippen LogP contribution in [0.1, 0.15) is 51.9 Å². The molecular formula is C9H24NO4P.